The van der Waals surface area contributed by atoms with Crippen LogP contribution in [0.2, 0.25) is 0 Å². The van der Waals surface area contributed by atoms with Crippen molar-refractivity contribution in [3.63, 3.8) is 0 Å². The van der Waals surface area contributed by atoms with Gasteiger partial charge < -0.3 is 9.80 Å². The molecule has 4 nitrogen and oxygen atoms in total. The Hall–Kier alpha value is -1.84. The molecule has 0 radical (unpaired) electrons. The second kappa shape index (κ2) is 5.88. The van der Waals surface area contributed by atoms with Crippen molar-refractivity contribution in [1.82, 2.24) is 9.88 Å². The molecule has 0 spiro atoms. The second-order valence-electron chi connectivity index (χ2n) is 6.78. The minimum absolute atomic E-state index is 0.0890. The summed E-state index contributed by atoms with van der Waals surface area (Å²) in [4.78, 5) is 20.7. The van der Waals surface area contributed by atoms with Crippen LogP contribution in [0.4, 0.5) is 5.82 Å². The number of aromatic nitrogens is 1. The lowest BCUT2D eigenvalue weighted by atomic mass is 10.1. The Balaban J connectivity index is 1.98. The van der Waals surface area contributed by atoms with Crippen molar-refractivity contribution >= 4 is 17.8 Å². The molecule has 4 heteroatoms. The molecule has 1 aliphatic rings. The third-order valence-electron chi connectivity index (χ3n) is 3.94. The number of anilines is 1. The third kappa shape index (κ3) is 3.63. The maximum absolute atomic E-state index is 12.1. The van der Waals surface area contributed by atoms with Gasteiger partial charge in [0.2, 0.25) is 5.91 Å². The van der Waals surface area contributed by atoms with E-state index in [0.29, 0.717) is 12.3 Å². The lowest BCUT2D eigenvalue weighted by molar-refractivity contribution is -0.131. The number of rotatable bonds is 4. The maximum atomic E-state index is 12.1. The average Bonchev–Trinajstić information content (AvgIpc) is 2.79. The first-order valence-electron chi connectivity index (χ1n) is 7.41. The average molecular weight is 287 g/mol. The molecule has 0 aliphatic carbocycles. The van der Waals surface area contributed by atoms with Crippen molar-refractivity contribution in [1.29, 1.82) is 0 Å². The van der Waals surface area contributed by atoms with E-state index in [-0.39, 0.29) is 11.4 Å². The minimum Gasteiger partial charge on any atom is -0.359 e. The van der Waals surface area contributed by atoms with Crippen LogP contribution in [0.1, 0.15) is 32.8 Å². The Bertz CT molecular complexity index is 516. The molecule has 0 N–H and O–H groups in total. The van der Waals surface area contributed by atoms with E-state index in [1.165, 1.54) is 0 Å². The molecule has 114 valence electrons. The predicted octanol–water partition coefficient (Wildman–Crippen LogP) is 2.81. The standard InChI is InChI=1S/C17H25N3O/c1-6-13-7-8-15(18-10-13)19(5)11-14-9-16(21)20(12-14)17(2,3)4/h6-8,10,14H,1,9,11-12H2,2-5H3. The second-order valence-corrected chi connectivity index (χ2v) is 6.78. The molecule has 1 aliphatic heterocycles. The van der Waals surface area contributed by atoms with Crippen molar-refractivity contribution < 1.29 is 4.79 Å². The first kappa shape index (κ1) is 15.5. The van der Waals surface area contributed by atoms with Crippen molar-refractivity contribution in [3.05, 3.63) is 30.5 Å². The van der Waals surface area contributed by atoms with Crippen LogP contribution in [0, 0.1) is 5.92 Å². The molecule has 1 atom stereocenters. The van der Waals surface area contributed by atoms with Crippen LogP contribution in [0.15, 0.2) is 24.9 Å². The zero-order chi connectivity index (χ0) is 15.6. The van der Waals surface area contributed by atoms with Crippen molar-refractivity contribution in [2.24, 2.45) is 5.92 Å². The van der Waals surface area contributed by atoms with Gasteiger partial charge in [0.1, 0.15) is 5.82 Å². The van der Waals surface area contributed by atoms with E-state index in [0.717, 1.165) is 24.5 Å². The maximum Gasteiger partial charge on any atom is 0.223 e. The molecule has 1 fully saturated rings. The van der Waals surface area contributed by atoms with E-state index >= 15 is 0 Å². The largest absolute Gasteiger partial charge is 0.359 e. The third-order valence-corrected chi connectivity index (χ3v) is 3.94. The molecular weight excluding hydrogens is 262 g/mol. The van der Waals surface area contributed by atoms with Gasteiger partial charge in [0.15, 0.2) is 0 Å². The van der Waals surface area contributed by atoms with Gasteiger partial charge in [-0.05, 0) is 38.5 Å². The van der Waals surface area contributed by atoms with Crippen LogP contribution in [-0.2, 0) is 4.79 Å². The SMILES string of the molecule is C=Cc1ccc(N(C)CC2CC(=O)N(C(C)(C)C)C2)nc1. The fourth-order valence-corrected chi connectivity index (χ4v) is 2.78. The van der Waals surface area contributed by atoms with Crippen LogP contribution >= 0.6 is 0 Å². The quantitative estimate of drug-likeness (QED) is 0.854. The Kier molecular flexibility index (Phi) is 4.35. The normalized spacial score (nSPS) is 19.0. The Labute approximate surface area is 127 Å². The topological polar surface area (TPSA) is 36.4 Å². The highest BCUT2D eigenvalue weighted by atomic mass is 16.2. The molecular formula is C17H25N3O. The number of hydrogen-bond donors (Lipinski definition) is 0. The van der Waals surface area contributed by atoms with Gasteiger partial charge in [-0.15, -0.1) is 0 Å². The molecule has 1 amide bonds. The molecule has 21 heavy (non-hydrogen) atoms. The summed E-state index contributed by atoms with van der Waals surface area (Å²) in [6.07, 6.45) is 4.24. The molecule has 2 heterocycles. The molecule has 0 bridgehead atoms. The molecule has 1 saturated heterocycles. The molecule has 1 aromatic heterocycles. The molecule has 2 rings (SSSR count). The number of carbonyl (C=O) groups is 1. The van der Waals surface area contributed by atoms with Crippen molar-refractivity contribution in [2.45, 2.75) is 32.7 Å². The summed E-state index contributed by atoms with van der Waals surface area (Å²) < 4.78 is 0. The van der Waals surface area contributed by atoms with Crippen LogP contribution in [0.5, 0.6) is 0 Å². The Morgan fingerprint density at radius 3 is 2.67 bits per heavy atom. The molecule has 1 aromatic rings. The highest BCUT2D eigenvalue weighted by molar-refractivity contribution is 5.79. The van der Waals surface area contributed by atoms with Crippen LogP contribution in [0.25, 0.3) is 6.08 Å². The van der Waals surface area contributed by atoms with Gasteiger partial charge in [-0.3, -0.25) is 4.79 Å². The van der Waals surface area contributed by atoms with Crippen LogP contribution < -0.4 is 4.90 Å². The van der Waals surface area contributed by atoms with Gasteiger partial charge in [0.05, 0.1) is 0 Å². The lowest BCUT2D eigenvalue weighted by Crippen LogP contribution is -2.42. The summed E-state index contributed by atoms with van der Waals surface area (Å²) >= 11 is 0. The first-order valence-corrected chi connectivity index (χ1v) is 7.41. The smallest absolute Gasteiger partial charge is 0.223 e. The van der Waals surface area contributed by atoms with Gasteiger partial charge >= 0.3 is 0 Å². The molecule has 0 aromatic carbocycles. The summed E-state index contributed by atoms with van der Waals surface area (Å²) in [5, 5.41) is 0. The van der Waals surface area contributed by atoms with Crippen LogP contribution in [0.3, 0.4) is 0 Å². The number of hydrogen-bond acceptors (Lipinski definition) is 3. The Morgan fingerprint density at radius 2 is 2.19 bits per heavy atom. The fraction of sp³-hybridized carbons (Fsp3) is 0.529. The van der Waals surface area contributed by atoms with Gasteiger partial charge in [-0.2, -0.15) is 0 Å². The first-order chi connectivity index (χ1) is 9.81. The summed E-state index contributed by atoms with van der Waals surface area (Å²) in [6, 6.07) is 4.00. The van der Waals surface area contributed by atoms with Crippen molar-refractivity contribution in [2.75, 3.05) is 25.0 Å². The summed E-state index contributed by atoms with van der Waals surface area (Å²) in [6.45, 7) is 11.7. The number of amides is 1. The predicted molar refractivity (Wildman–Crippen MR) is 87.2 cm³/mol. The summed E-state index contributed by atoms with van der Waals surface area (Å²) in [5.41, 5.74) is 0.927. The van der Waals surface area contributed by atoms with E-state index in [1.54, 1.807) is 6.08 Å². The van der Waals surface area contributed by atoms with Crippen molar-refractivity contribution in [3.8, 4) is 0 Å². The number of pyridine rings is 1. The number of carbonyl (C=O) groups excluding carboxylic acids is 1. The van der Waals surface area contributed by atoms with Gasteiger partial charge in [-0.25, -0.2) is 4.98 Å². The Morgan fingerprint density at radius 1 is 1.48 bits per heavy atom. The van der Waals surface area contributed by atoms with Gasteiger partial charge in [-0.1, -0.05) is 12.7 Å². The van der Waals surface area contributed by atoms with E-state index in [9.17, 15) is 4.79 Å². The van der Waals surface area contributed by atoms with Gasteiger partial charge in [0.25, 0.3) is 0 Å². The van der Waals surface area contributed by atoms with E-state index in [1.807, 2.05) is 30.3 Å². The monoisotopic (exact) mass is 287 g/mol. The van der Waals surface area contributed by atoms with E-state index in [2.05, 4.69) is 37.2 Å². The van der Waals surface area contributed by atoms with Gasteiger partial charge in [0, 0.05) is 44.2 Å². The van der Waals surface area contributed by atoms with E-state index < -0.39 is 0 Å². The van der Waals surface area contributed by atoms with Crippen LogP contribution in [-0.4, -0.2) is 41.5 Å². The zero-order valence-electron chi connectivity index (χ0n) is 13.5. The number of likely N-dealkylation sites (tertiary alicyclic amines) is 1. The van der Waals surface area contributed by atoms with E-state index in [4.69, 9.17) is 0 Å². The number of nitrogens with zero attached hydrogens (tertiary/aromatic N) is 3. The molecule has 1 unspecified atom stereocenters. The highest BCUT2D eigenvalue weighted by Crippen LogP contribution is 2.26. The molecule has 0 saturated carbocycles. The fourth-order valence-electron chi connectivity index (χ4n) is 2.78. The summed E-state index contributed by atoms with van der Waals surface area (Å²) in [7, 11) is 2.03. The highest BCUT2D eigenvalue weighted by Gasteiger charge is 2.36. The summed E-state index contributed by atoms with van der Waals surface area (Å²) in [5.74, 6) is 1.56. The zero-order valence-corrected chi connectivity index (χ0v) is 13.5. The lowest BCUT2D eigenvalue weighted by Gasteiger charge is -2.32. The minimum atomic E-state index is -0.0890.